The molecule has 1 rings (SSSR count). The average Bonchev–Trinajstić information content (AvgIpc) is 2.62. The van der Waals surface area contributed by atoms with Gasteiger partial charge in [0.1, 0.15) is 12.2 Å². The molecule has 1 fully saturated rings. The lowest BCUT2D eigenvalue weighted by molar-refractivity contribution is -0.152. The van der Waals surface area contributed by atoms with Crippen LogP contribution in [0.1, 0.15) is 41.0 Å². The number of terminal acetylenes is 1. The van der Waals surface area contributed by atoms with E-state index in [1.807, 2.05) is 13.8 Å². The van der Waals surface area contributed by atoms with Gasteiger partial charge in [0.15, 0.2) is 14.1 Å². The quantitative estimate of drug-likeness (QED) is 0.434. The van der Waals surface area contributed by atoms with Gasteiger partial charge in [-0.1, -0.05) is 26.8 Å². The molecule has 0 saturated carbocycles. The highest BCUT2D eigenvalue weighted by molar-refractivity contribution is 6.74. The SMILES string of the molecule is C#CC[C@H](O[Si](C)(C)C(C)(C)C)[C@@H]1OC(C)(C)O[C@@H]1C=C. The van der Waals surface area contributed by atoms with Crippen molar-refractivity contribution < 1.29 is 13.9 Å². The second-order valence-electron chi connectivity index (χ2n) is 7.63. The lowest BCUT2D eigenvalue weighted by atomic mass is 10.1. The highest BCUT2D eigenvalue weighted by Crippen LogP contribution is 2.40. The van der Waals surface area contributed by atoms with Gasteiger partial charge in [-0.2, -0.15) is 0 Å². The Labute approximate surface area is 131 Å². The fourth-order valence-corrected chi connectivity index (χ4v) is 3.51. The van der Waals surface area contributed by atoms with Crippen molar-refractivity contribution >= 4 is 8.32 Å². The van der Waals surface area contributed by atoms with Crippen molar-refractivity contribution in [3.05, 3.63) is 12.7 Å². The van der Waals surface area contributed by atoms with E-state index in [1.54, 1.807) is 6.08 Å². The molecule has 1 aliphatic heterocycles. The molecule has 0 aromatic carbocycles. The first-order chi connectivity index (χ1) is 9.43. The normalized spacial score (nSPS) is 27.1. The van der Waals surface area contributed by atoms with Crippen LogP contribution in [0.15, 0.2) is 12.7 Å². The summed E-state index contributed by atoms with van der Waals surface area (Å²) in [6, 6.07) is 0. The zero-order valence-electron chi connectivity index (χ0n) is 14.5. The molecular weight excluding hydrogens is 280 g/mol. The highest BCUT2D eigenvalue weighted by atomic mass is 28.4. The predicted octanol–water partition coefficient (Wildman–Crippen LogP) is 4.11. The van der Waals surface area contributed by atoms with Crippen LogP contribution in [0.5, 0.6) is 0 Å². The Balaban J connectivity index is 2.97. The first-order valence-electron chi connectivity index (χ1n) is 7.53. The van der Waals surface area contributed by atoms with Gasteiger partial charge in [0, 0.05) is 6.42 Å². The van der Waals surface area contributed by atoms with Crippen molar-refractivity contribution in [1.82, 2.24) is 0 Å². The van der Waals surface area contributed by atoms with Crippen molar-refractivity contribution in [3.63, 3.8) is 0 Å². The molecule has 1 heterocycles. The standard InChI is InChI=1S/C17H30O3Si/c1-10-12-14(20-21(8,9)16(3,4)5)15-13(11-2)18-17(6,7)19-15/h1,11,13-15H,2,12H2,3-9H3/t13-,14+,15-/m1/s1. The molecule has 0 aliphatic carbocycles. The van der Waals surface area contributed by atoms with Gasteiger partial charge in [0.2, 0.25) is 0 Å². The fraction of sp³-hybridized carbons (Fsp3) is 0.765. The number of ether oxygens (including phenoxy) is 2. The van der Waals surface area contributed by atoms with E-state index < -0.39 is 14.1 Å². The third-order valence-electron chi connectivity index (χ3n) is 4.33. The third kappa shape index (κ3) is 4.43. The molecule has 0 unspecified atom stereocenters. The Morgan fingerprint density at radius 3 is 2.38 bits per heavy atom. The molecule has 1 saturated heterocycles. The minimum absolute atomic E-state index is 0.124. The number of rotatable bonds is 5. The molecule has 3 atom stereocenters. The summed E-state index contributed by atoms with van der Waals surface area (Å²) in [5.41, 5.74) is 0. The maximum Gasteiger partial charge on any atom is 0.192 e. The van der Waals surface area contributed by atoms with E-state index in [0.29, 0.717) is 6.42 Å². The van der Waals surface area contributed by atoms with Gasteiger partial charge in [-0.05, 0) is 32.0 Å². The Morgan fingerprint density at radius 2 is 1.95 bits per heavy atom. The van der Waals surface area contributed by atoms with Gasteiger partial charge < -0.3 is 13.9 Å². The van der Waals surface area contributed by atoms with Gasteiger partial charge in [0.05, 0.1) is 6.10 Å². The summed E-state index contributed by atoms with van der Waals surface area (Å²) in [4.78, 5) is 0. The van der Waals surface area contributed by atoms with Crippen LogP contribution in [0.2, 0.25) is 18.1 Å². The third-order valence-corrected chi connectivity index (χ3v) is 8.84. The van der Waals surface area contributed by atoms with Crippen LogP contribution in [-0.2, 0) is 13.9 Å². The first kappa shape index (κ1) is 18.4. The van der Waals surface area contributed by atoms with E-state index in [1.165, 1.54) is 0 Å². The second-order valence-corrected chi connectivity index (χ2v) is 12.4. The van der Waals surface area contributed by atoms with Crippen molar-refractivity contribution in [2.45, 2.75) is 83.3 Å². The van der Waals surface area contributed by atoms with Crippen molar-refractivity contribution in [2.24, 2.45) is 0 Å². The molecule has 0 amide bonds. The summed E-state index contributed by atoms with van der Waals surface area (Å²) < 4.78 is 18.4. The Bertz CT molecular complexity index is 415. The van der Waals surface area contributed by atoms with E-state index in [4.69, 9.17) is 20.3 Å². The van der Waals surface area contributed by atoms with Gasteiger partial charge in [-0.15, -0.1) is 18.9 Å². The minimum Gasteiger partial charge on any atom is -0.410 e. The monoisotopic (exact) mass is 310 g/mol. The average molecular weight is 311 g/mol. The lowest BCUT2D eigenvalue weighted by Gasteiger charge is -2.40. The highest BCUT2D eigenvalue weighted by Gasteiger charge is 2.47. The smallest absolute Gasteiger partial charge is 0.192 e. The van der Waals surface area contributed by atoms with E-state index >= 15 is 0 Å². The van der Waals surface area contributed by atoms with E-state index in [0.717, 1.165) is 0 Å². The van der Waals surface area contributed by atoms with Crippen LogP contribution < -0.4 is 0 Å². The first-order valence-corrected chi connectivity index (χ1v) is 10.4. The predicted molar refractivity (Wildman–Crippen MR) is 89.5 cm³/mol. The molecule has 0 aromatic heterocycles. The molecular formula is C17H30O3Si. The maximum atomic E-state index is 6.50. The zero-order valence-corrected chi connectivity index (χ0v) is 15.5. The summed E-state index contributed by atoms with van der Waals surface area (Å²) in [7, 11) is -1.93. The van der Waals surface area contributed by atoms with E-state index in [9.17, 15) is 0 Å². The zero-order chi connectivity index (χ0) is 16.5. The lowest BCUT2D eigenvalue weighted by Crippen LogP contribution is -2.49. The van der Waals surface area contributed by atoms with Gasteiger partial charge >= 0.3 is 0 Å². The van der Waals surface area contributed by atoms with Gasteiger partial charge in [-0.25, -0.2) is 0 Å². The molecule has 3 nitrogen and oxygen atoms in total. The number of hydrogen-bond acceptors (Lipinski definition) is 3. The molecule has 4 heteroatoms. The summed E-state index contributed by atoms with van der Waals surface area (Å²) in [6.07, 6.45) is 7.27. The van der Waals surface area contributed by atoms with E-state index in [-0.39, 0.29) is 23.4 Å². The van der Waals surface area contributed by atoms with E-state index in [2.05, 4.69) is 46.4 Å². The Kier molecular flexibility index (Phi) is 5.49. The van der Waals surface area contributed by atoms with Crippen LogP contribution in [0, 0.1) is 12.3 Å². The van der Waals surface area contributed by atoms with Crippen LogP contribution in [0.4, 0.5) is 0 Å². The van der Waals surface area contributed by atoms with Crippen LogP contribution in [0.3, 0.4) is 0 Å². The second kappa shape index (κ2) is 6.25. The molecule has 0 radical (unpaired) electrons. The Morgan fingerprint density at radius 1 is 1.38 bits per heavy atom. The topological polar surface area (TPSA) is 27.7 Å². The molecule has 0 N–H and O–H groups in total. The molecule has 0 spiro atoms. The van der Waals surface area contributed by atoms with Crippen LogP contribution in [0.25, 0.3) is 0 Å². The number of hydrogen-bond donors (Lipinski definition) is 0. The van der Waals surface area contributed by atoms with Gasteiger partial charge in [0.25, 0.3) is 0 Å². The van der Waals surface area contributed by atoms with Crippen molar-refractivity contribution in [1.29, 1.82) is 0 Å². The maximum absolute atomic E-state index is 6.50. The van der Waals surface area contributed by atoms with Crippen LogP contribution in [-0.4, -0.2) is 32.4 Å². The molecule has 0 bridgehead atoms. The largest absolute Gasteiger partial charge is 0.410 e. The fourth-order valence-electron chi connectivity index (χ4n) is 2.18. The minimum atomic E-state index is -1.93. The summed E-state index contributed by atoms with van der Waals surface area (Å²) >= 11 is 0. The summed E-state index contributed by atoms with van der Waals surface area (Å²) in [6.45, 7) is 18.7. The van der Waals surface area contributed by atoms with Crippen molar-refractivity contribution in [2.75, 3.05) is 0 Å². The molecule has 0 aromatic rings. The summed E-state index contributed by atoms with van der Waals surface area (Å²) in [5, 5.41) is 0.124. The summed E-state index contributed by atoms with van der Waals surface area (Å²) in [5.74, 6) is 2.09. The Hall–Kier alpha value is -0.603. The van der Waals surface area contributed by atoms with Gasteiger partial charge in [-0.3, -0.25) is 0 Å². The van der Waals surface area contributed by atoms with Crippen molar-refractivity contribution in [3.8, 4) is 12.3 Å². The molecule has 120 valence electrons. The molecule has 21 heavy (non-hydrogen) atoms. The molecule has 1 aliphatic rings. The van der Waals surface area contributed by atoms with Crippen LogP contribution >= 0.6 is 0 Å².